The van der Waals surface area contributed by atoms with Crippen molar-refractivity contribution in [3.63, 3.8) is 0 Å². The second-order valence-corrected chi connectivity index (χ2v) is 5.65. The Bertz CT molecular complexity index is 260. The summed E-state index contributed by atoms with van der Waals surface area (Å²) in [4.78, 5) is 0. The predicted octanol–water partition coefficient (Wildman–Crippen LogP) is 1.52. The summed E-state index contributed by atoms with van der Waals surface area (Å²) in [6.45, 7) is 13.9. The fraction of sp³-hybridized carbons (Fsp3) is 0.818. The van der Waals surface area contributed by atoms with E-state index in [4.69, 9.17) is 14.0 Å². The molecule has 0 aromatic carbocycles. The first-order chi connectivity index (χ1) is 7.14. The zero-order chi connectivity index (χ0) is 12.6. The van der Waals surface area contributed by atoms with Crippen molar-refractivity contribution in [3.05, 3.63) is 12.1 Å². The van der Waals surface area contributed by atoms with E-state index in [-0.39, 0.29) is 17.3 Å². The van der Waals surface area contributed by atoms with Crippen molar-refractivity contribution in [3.8, 4) is 0 Å². The molecule has 0 aromatic rings. The molecule has 0 amide bonds. The Morgan fingerprint density at radius 1 is 1.31 bits per heavy atom. The molecule has 1 heterocycles. The smallest absolute Gasteiger partial charge is 0.383 e. The molecule has 0 radical (unpaired) electrons. The lowest BCUT2D eigenvalue weighted by Gasteiger charge is -2.31. The van der Waals surface area contributed by atoms with E-state index >= 15 is 0 Å². The minimum atomic E-state index is -0.570. The van der Waals surface area contributed by atoms with Crippen LogP contribution in [0.15, 0.2) is 12.1 Å². The topological polar surface area (TPSA) is 27.7 Å². The molecule has 1 aliphatic heterocycles. The van der Waals surface area contributed by atoms with E-state index < -0.39 is 7.32 Å². The van der Waals surface area contributed by atoms with Gasteiger partial charge in [0.15, 0.2) is 0 Å². The van der Waals surface area contributed by atoms with Crippen LogP contribution in [0.25, 0.3) is 0 Å². The molecule has 0 saturated carbocycles. The van der Waals surface area contributed by atoms with Gasteiger partial charge in [0.1, 0.15) is 7.85 Å². The molecular weight excluding hydrogens is 202 g/mol. The number of rotatable bonds is 4. The molecule has 3 nitrogen and oxygen atoms in total. The molecule has 16 heavy (non-hydrogen) atoms. The molecule has 0 aromatic heterocycles. The molecule has 1 unspecified atom stereocenters. The molecule has 5 heteroatoms. The van der Waals surface area contributed by atoms with Crippen molar-refractivity contribution in [2.75, 3.05) is 0 Å². The summed E-state index contributed by atoms with van der Waals surface area (Å²) >= 11 is 0. The van der Waals surface area contributed by atoms with Gasteiger partial charge in [-0.25, -0.2) is 0 Å². The van der Waals surface area contributed by atoms with Crippen LogP contribution in [0.2, 0.25) is 0 Å². The lowest BCUT2D eigenvalue weighted by Crippen LogP contribution is -2.41. The summed E-state index contributed by atoms with van der Waals surface area (Å²) in [7, 11) is 1.42. The maximum atomic E-state index is 5.74. The minimum Gasteiger partial charge on any atom is -0.383 e. The predicted molar refractivity (Wildman–Crippen MR) is 68.9 cm³/mol. The maximum Gasteiger partial charge on any atom is 0.640 e. The maximum absolute atomic E-state index is 5.74. The van der Waals surface area contributed by atoms with Crippen molar-refractivity contribution in [1.29, 1.82) is 0 Å². The van der Waals surface area contributed by atoms with Gasteiger partial charge in [0.25, 0.3) is 0 Å². The van der Waals surface area contributed by atoms with Gasteiger partial charge in [0.2, 0.25) is 0 Å². The van der Waals surface area contributed by atoms with Crippen LogP contribution in [0.1, 0.15) is 41.0 Å². The van der Waals surface area contributed by atoms with Crippen LogP contribution in [-0.2, 0) is 14.0 Å². The van der Waals surface area contributed by atoms with E-state index in [0.29, 0.717) is 0 Å². The van der Waals surface area contributed by atoms with Gasteiger partial charge in [-0.15, -0.1) is 12.1 Å². The fourth-order valence-corrected chi connectivity index (χ4v) is 1.57. The third-order valence-electron chi connectivity index (χ3n) is 3.21. The highest BCUT2D eigenvalue weighted by atomic mass is 16.8. The van der Waals surface area contributed by atoms with Crippen LogP contribution >= 0.6 is 0 Å². The van der Waals surface area contributed by atoms with E-state index in [9.17, 15) is 0 Å². The van der Waals surface area contributed by atoms with Crippen molar-refractivity contribution in [1.82, 2.24) is 0 Å². The first-order valence-corrected chi connectivity index (χ1v) is 5.79. The molecule has 0 bridgehead atoms. The second kappa shape index (κ2) is 4.55. The number of hydrogen-bond acceptors (Lipinski definition) is 3. The minimum absolute atomic E-state index is 0.0622. The van der Waals surface area contributed by atoms with Gasteiger partial charge >= 0.3 is 7.32 Å². The second-order valence-electron chi connectivity index (χ2n) is 5.65. The fourth-order valence-electron chi connectivity index (χ4n) is 1.57. The monoisotopic (exact) mass is 224 g/mol. The Balaban J connectivity index is 2.51. The Kier molecular flexibility index (Phi) is 3.93. The van der Waals surface area contributed by atoms with Gasteiger partial charge in [-0.05, 0) is 41.0 Å². The summed E-state index contributed by atoms with van der Waals surface area (Å²) in [5.74, 6) is 0. The highest BCUT2D eigenvalue weighted by Crippen LogP contribution is 2.37. The van der Waals surface area contributed by atoms with Crippen LogP contribution in [0.5, 0.6) is 0 Å². The standard InChI is InChI=1S/C11H22B2O3/c1-8(12)7-9(2)14-13-15-10(3,4)11(5,6)16-13/h9H,1,7,12H2,2-6H3. The summed E-state index contributed by atoms with van der Waals surface area (Å²) in [5, 5.41) is 0. The largest absolute Gasteiger partial charge is 0.640 e. The van der Waals surface area contributed by atoms with Crippen LogP contribution in [0, 0.1) is 0 Å². The molecule has 1 saturated heterocycles. The summed E-state index contributed by atoms with van der Waals surface area (Å²) < 4.78 is 17.2. The average molecular weight is 224 g/mol. The van der Waals surface area contributed by atoms with Crippen LogP contribution < -0.4 is 0 Å². The first-order valence-electron chi connectivity index (χ1n) is 5.79. The molecule has 1 aliphatic rings. The van der Waals surface area contributed by atoms with E-state index in [1.165, 1.54) is 0 Å². The highest BCUT2D eigenvalue weighted by molar-refractivity contribution is 6.37. The van der Waals surface area contributed by atoms with Gasteiger partial charge in [0.05, 0.1) is 11.2 Å². The SMILES string of the molecule is BC(=C)CC(C)OB1OC(C)(C)C(C)(C)O1. The first kappa shape index (κ1) is 13.8. The molecule has 90 valence electrons. The van der Waals surface area contributed by atoms with Gasteiger partial charge in [-0.2, -0.15) is 0 Å². The zero-order valence-electron chi connectivity index (χ0n) is 11.3. The third-order valence-corrected chi connectivity index (χ3v) is 3.21. The van der Waals surface area contributed by atoms with Crippen molar-refractivity contribution in [2.45, 2.75) is 58.3 Å². The third kappa shape index (κ3) is 3.12. The molecule has 0 aliphatic carbocycles. The zero-order valence-corrected chi connectivity index (χ0v) is 11.3. The summed E-state index contributed by atoms with van der Waals surface area (Å²) in [6, 6.07) is 0. The Hall–Kier alpha value is -0.250. The molecule has 1 atom stereocenters. The van der Waals surface area contributed by atoms with Crippen LogP contribution in [0.3, 0.4) is 0 Å². The van der Waals surface area contributed by atoms with Crippen molar-refractivity contribution >= 4 is 15.2 Å². The quantitative estimate of drug-likeness (QED) is 0.677. The lowest BCUT2D eigenvalue weighted by molar-refractivity contribution is 0.00578. The highest BCUT2D eigenvalue weighted by Gasteiger charge is 2.53. The molecule has 1 rings (SSSR count). The van der Waals surface area contributed by atoms with E-state index in [0.717, 1.165) is 11.9 Å². The van der Waals surface area contributed by atoms with E-state index in [1.807, 2.05) is 42.5 Å². The average Bonchev–Trinajstić information content (AvgIpc) is 2.16. The van der Waals surface area contributed by atoms with Gasteiger partial charge in [0, 0.05) is 6.10 Å². The van der Waals surface area contributed by atoms with E-state index in [1.54, 1.807) is 0 Å². The van der Waals surface area contributed by atoms with Crippen molar-refractivity contribution < 1.29 is 14.0 Å². The molecule has 1 fully saturated rings. The Labute approximate surface area is 100 Å². The lowest BCUT2D eigenvalue weighted by atomic mass is 9.90. The number of hydrogen-bond donors (Lipinski definition) is 0. The molecule has 0 N–H and O–H groups in total. The van der Waals surface area contributed by atoms with Crippen molar-refractivity contribution in [2.24, 2.45) is 0 Å². The van der Waals surface area contributed by atoms with E-state index in [2.05, 4.69) is 6.58 Å². The Morgan fingerprint density at radius 3 is 2.12 bits per heavy atom. The summed E-state index contributed by atoms with van der Waals surface area (Å²) in [6.07, 6.45) is 0.886. The normalized spacial score (nSPS) is 24.4. The van der Waals surface area contributed by atoms with Gasteiger partial charge in [-0.1, -0.05) is 0 Å². The van der Waals surface area contributed by atoms with Crippen LogP contribution in [0.4, 0.5) is 0 Å². The molecular formula is C11H22B2O3. The van der Waals surface area contributed by atoms with Crippen LogP contribution in [-0.4, -0.2) is 32.5 Å². The summed E-state index contributed by atoms with van der Waals surface area (Å²) in [5.41, 5.74) is 0.435. The molecule has 0 spiro atoms. The van der Waals surface area contributed by atoms with Gasteiger partial charge < -0.3 is 14.0 Å². The van der Waals surface area contributed by atoms with Gasteiger partial charge in [-0.3, -0.25) is 0 Å². The Morgan fingerprint density at radius 2 is 1.75 bits per heavy atom.